The van der Waals surface area contributed by atoms with Gasteiger partial charge in [0.25, 0.3) is 0 Å². The first-order chi connectivity index (χ1) is 9.98. The monoisotopic (exact) mass is 298 g/mol. The summed E-state index contributed by atoms with van der Waals surface area (Å²) in [5, 5.41) is 3.52. The number of likely N-dealkylation sites (tertiary alicyclic amines) is 1. The molecule has 1 fully saturated rings. The van der Waals surface area contributed by atoms with Gasteiger partial charge in [-0.05, 0) is 42.9 Å². The molecule has 1 saturated heterocycles. The molecule has 7 heteroatoms. The first kappa shape index (κ1) is 15.7. The van der Waals surface area contributed by atoms with Crippen LogP contribution in [0.15, 0.2) is 29.4 Å². The predicted octanol–water partition coefficient (Wildman–Crippen LogP) is 4.76. The van der Waals surface area contributed by atoms with Crippen molar-refractivity contribution in [1.29, 1.82) is 0 Å². The molecule has 0 saturated carbocycles. The van der Waals surface area contributed by atoms with E-state index in [4.69, 9.17) is 5.53 Å². The third-order valence-electron chi connectivity index (χ3n) is 3.82. The van der Waals surface area contributed by atoms with Crippen LogP contribution in [0.2, 0.25) is 0 Å². The molecular weight excluding hydrogens is 281 g/mol. The third-order valence-corrected chi connectivity index (χ3v) is 3.82. The zero-order chi connectivity index (χ0) is 15.3. The van der Waals surface area contributed by atoms with E-state index in [1.165, 1.54) is 0 Å². The molecule has 1 aliphatic heterocycles. The highest BCUT2D eigenvalue weighted by Gasteiger charge is 2.29. The van der Waals surface area contributed by atoms with Gasteiger partial charge in [0, 0.05) is 17.1 Å². The second kappa shape index (κ2) is 6.83. The van der Waals surface area contributed by atoms with E-state index in [0.29, 0.717) is 24.7 Å². The van der Waals surface area contributed by atoms with Crippen LogP contribution in [0.25, 0.3) is 10.4 Å². The Bertz CT molecular complexity index is 498. The number of hydrogen-bond acceptors (Lipinski definition) is 2. The average molecular weight is 298 g/mol. The zero-order valence-electron chi connectivity index (χ0n) is 11.6. The van der Waals surface area contributed by atoms with Crippen LogP contribution < -0.4 is 0 Å². The molecule has 4 nitrogen and oxygen atoms in total. The van der Waals surface area contributed by atoms with Gasteiger partial charge in [0.15, 0.2) is 0 Å². The number of azide groups is 1. The Kier molecular flexibility index (Phi) is 5.09. The van der Waals surface area contributed by atoms with Crippen LogP contribution in [0.5, 0.6) is 0 Å². The summed E-state index contributed by atoms with van der Waals surface area (Å²) < 4.78 is 36.6. The molecular formula is C14H17F3N4. The van der Waals surface area contributed by atoms with E-state index in [9.17, 15) is 13.2 Å². The molecule has 0 atom stereocenters. The number of nitrogens with zero attached hydrogens (tertiary/aromatic N) is 4. The first-order valence-electron chi connectivity index (χ1n) is 6.92. The Balaban J connectivity index is 1.84. The number of alkyl halides is 3. The summed E-state index contributed by atoms with van der Waals surface area (Å²) in [6, 6.07) is 7.40. The second-order valence-electron chi connectivity index (χ2n) is 5.26. The maximum Gasteiger partial charge on any atom is 0.390 e. The van der Waals surface area contributed by atoms with E-state index in [-0.39, 0.29) is 6.54 Å². The van der Waals surface area contributed by atoms with Crippen LogP contribution in [-0.4, -0.2) is 30.7 Å². The third kappa shape index (κ3) is 4.95. The molecule has 0 amide bonds. The normalized spacial score (nSPS) is 17.5. The fraction of sp³-hybridized carbons (Fsp3) is 0.571. The van der Waals surface area contributed by atoms with Crippen molar-refractivity contribution < 1.29 is 13.2 Å². The Morgan fingerprint density at radius 2 is 1.81 bits per heavy atom. The van der Waals surface area contributed by atoms with E-state index in [1.807, 2.05) is 17.0 Å². The summed E-state index contributed by atoms with van der Waals surface area (Å²) in [5.74, 6) is 0.368. The van der Waals surface area contributed by atoms with Crippen LogP contribution >= 0.6 is 0 Å². The van der Waals surface area contributed by atoms with Crippen molar-refractivity contribution >= 4 is 5.69 Å². The summed E-state index contributed by atoms with van der Waals surface area (Å²) in [5.41, 5.74) is 10.1. The molecule has 21 heavy (non-hydrogen) atoms. The van der Waals surface area contributed by atoms with Crippen LogP contribution in [0.1, 0.15) is 30.7 Å². The topological polar surface area (TPSA) is 52.0 Å². The number of piperidine rings is 1. The molecule has 1 aromatic carbocycles. The molecule has 0 aromatic heterocycles. The van der Waals surface area contributed by atoms with Crippen molar-refractivity contribution in [2.75, 3.05) is 19.6 Å². The molecule has 114 valence electrons. The van der Waals surface area contributed by atoms with Crippen molar-refractivity contribution in [1.82, 2.24) is 4.90 Å². The first-order valence-corrected chi connectivity index (χ1v) is 6.92. The largest absolute Gasteiger partial charge is 0.390 e. The van der Waals surface area contributed by atoms with Gasteiger partial charge in [-0.3, -0.25) is 0 Å². The Hall–Kier alpha value is -1.72. The van der Waals surface area contributed by atoms with Gasteiger partial charge < -0.3 is 4.90 Å². The predicted molar refractivity (Wildman–Crippen MR) is 74.3 cm³/mol. The van der Waals surface area contributed by atoms with E-state index >= 15 is 0 Å². The molecule has 1 aliphatic rings. The summed E-state index contributed by atoms with van der Waals surface area (Å²) >= 11 is 0. The number of halogens is 3. The lowest BCUT2D eigenvalue weighted by Crippen LogP contribution is -2.35. The van der Waals surface area contributed by atoms with Crippen molar-refractivity contribution in [2.24, 2.45) is 5.11 Å². The highest BCUT2D eigenvalue weighted by atomic mass is 19.4. The highest BCUT2D eigenvalue weighted by Crippen LogP contribution is 2.30. The Labute approximate surface area is 121 Å². The average Bonchev–Trinajstić information content (AvgIpc) is 2.46. The number of benzene rings is 1. The van der Waals surface area contributed by atoms with E-state index in [0.717, 1.165) is 18.4 Å². The lowest BCUT2D eigenvalue weighted by molar-refractivity contribution is -0.138. The molecule has 0 N–H and O–H groups in total. The number of rotatable bonds is 4. The molecule has 0 unspecified atom stereocenters. The molecule has 0 radical (unpaired) electrons. The smallest absolute Gasteiger partial charge is 0.303 e. The zero-order valence-corrected chi connectivity index (χ0v) is 11.6. The molecule has 0 spiro atoms. The van der Waals surface area contributed by atoms with Crippen LogP contribution in [0, 0.1) is 0 Å². The van der Waals surface area contributed by atoms with E-state index in [1.54, 1.807) is 12.1 Å². The molecule has 0 aliphatic carbocycles. The van der Waals surface area contributed by atoms with Crippen LogP contribution in [0.4, 0.5) is 18.9 Å². The maximum absolute atomic E-state index is 12.2. The maximum atomic E-state index is 12.2. The molecule has 2 rings (SSSR count). The van der Waals surface area contributed by atoms with Crippen LogP contribution in [0.3, 0.4) is 0 Å². The fourth-order valence-corrected chi connectivity index (χ4v) is 2.64. The van der Waals surface area contributed by atoms with Crippen molar-refractivity contribution in [3.8, 4) is 0 Å². The minimum atomic E-state index is -4.08. The van der Waals surface area contributed by atoms with Gasteiger partial charge in [0.1, 0.15) is 0 Å². The number of hydrogen-bond donors (Lipinski definition) is 0. The standard InChI is InChI=1S/C14H17F3N4/c15-14(16,17)7-10-21-8-5-12(6-9-21)11-1-3-13(4-2-11)19-20-18/h1-4,12H,5-10H2. The SMILES string of the molecule is [N-]=[N+]=Nc1ccc(C2CCN(CCC(F)(F)F)CC2)cc1. The van der Waals surface area contributed by atoms with Gasteiger partial charge >= 0.3 is 6.18 Å². The fourth-order valence-electron chi connectivity index (χ4n) is 2.64. The minimum absolute atomic E-state index is 0.0893. The quantitative estimate of drug-likeness (QED) is 0.449. The van der Waals surface area contributed by atoms with Gasteiger partial charge in [-0.1, -0.05) is 29.4 Å². The van der Waals surface area contributed by atoms with E-state index in [2.05, 4.69) is 10.0 Å². The lowest BCUT2D eigenvalue weighted by atomic mass is 9.89. The summed E-state index contributed by atoms with van der Waals surface area (Å²) in [7, 11) is 0. The van der Waals surface area contributed by atoms with Crippen molar-refractivity contribution in [3.05, 3.63) is 40.3 Å². The van der Waals surface area contributed by atoms with Crippen LogP contribution in [-0.2, 0) is 0 Å². The Morgan fingerprint density at radius 1 is 1.19 bits per heavy atom. The van der Waals surface area contributed by atoms with Gasteiger partial charge in [0.2, 0.25) is 0 Å². The second-order valence-corrected chi connectivity index (χ2v) is 5.26. The van der Waals surface area contributed by atoms with Gasteiger partial charge in [-0.15, -0.1) is 0 Å². The lowest BCUT2D eigenvalue weighted by Gasteiger charge is -2.32. The van der Waals surface area contributed by atoms with Gasteiger partial charge in [-0.2, -0.15) is 13.2 Å². The van der Waals surface area contributed by atoms with Gasteiger partial charge in [0.05, 0.1) is 6.42 Å². The van der Waals surface area contributed by atoms with Crippen molar-refractivity contribution in [3.63, 3.8) is 0 Å². The summed E-state index contributed by atoms with van der Waals surface area (Å²) in [6.07, 6.45) is -3.09. The Morgan fingerprint density at radius 3 is 2.33 bits per heavy atom. The highest BCUT2D eigenvalue weighted by molar-refractivity contribution is 5.39. The van der Waals surface area contributed by atoms with Crippen molar-refractivity contribution in [2.45, 2.75) is 31.4 Å². The van der Waals surface area contributed by atoms with E-state index < -0.39 is 12.6 Å². The minimum Gasteiger partial charge on any atom is -0.303 e. The van der Waals surface area contributed by atoms with Gasteiger partial charge in [-0.25, -0.2) is 0 Å². The summed E-state index contributed by atoms with van der Waals surface area (Å²) in [4.78, 5) is 4.60. The molecule has 0 bridgehead atoms. The molecule has 1 heterocycles. The summed E-state index contributed by atoms with van der Waals surface area (Å²) in [6.45, 7) is 1.48. The molecule has 1 aromatic rings.